The van der Waals surface area contributed by atoms with E-state index in [1.54, 1.807) is 13.8 Å². The van der Waals surface area contributed by atoms with Crippen molar-refractivity contribution in [2.45, 2.75) is 26.3 Å². The molecule has 0 heterocycles. The SMILES string of the molecule is CC(C)C[C@H](C(=O)O)N(CC(=O)O)CC(=O)O. The van der Waals surface area contributed by atoms with Crippen molar-refractivity contribution in [1.82, 2.24) is 4.90 Å². The average molecular weight is 247 g/mol. The van der Waals surface area contributed by atoms with Crippen molar-refractivity contribution in [2.75, 3.05) is 13.1 Å². The van der Waals surface area contributed by atoms with Crippen LogP contribution in [0.1, 0.15) is 20.3 Å². The van der Waals surface area contributed by atoms with E-state index in [0.717, 1.165) is 4.90 Å². The van der Waals surface area contributed by atoms with E-state index in [0.29, 0.717) is 0 Å². The highest BCUT2D eigenvalue weighted by Crippen LogP contribution is 2.12. The predicted molar refractivity (Wildman–Crippen MR) is 57.7 cm³/mol. The molecule has 1 atom stereocenters. The van der Waals surface area contributed by atoms with Crippen molar-refractivity contribution < 1.29 is 29.7 Å². The van der Waals surface area contributed by atoms with Gasteiger partial charge in [-0.1, -0.05) is 13.8 Å². The number of carboxylic acids is 3. The summed E-state index contributed by atoms with van der Waals surface area (Å²) < 4.78 is 0. The molecule has 0 amide bonds. The molecule has 7 heteroatoms. The second-order valence-corrected chi connectivity index (χ2v) is 4.18. The summed E-state index contributed by atoms with van der Waals surface area (Å²) in [4.78, 5) is 33.1. The summed E-state index contributed by atoms with van der Waals surface area (Å²) in [6.07, 6.45) is 0.204. The van der Waals surface area contributed by atoms with E-state index in [1.165, 1.54) is 0 Å². The van der Waals surface area contributed by atoms with Crippen LogP contribution in [0.25, 0.3) is 0 Å². The lowest BCUT2D eigenvalue weighted by atomic mass is 10.0. The zero-order valence-corrected chi connectivity index (χ0v) is 9.79. The minimum atomic E-state index is -1.25. The van der Waals surface area contributed by atoms with Gasteiger partial charge >= 0.3 is 17.9 Å². The maximum Gasteiger partial charge on any atom is 0.320 e. The molecule has 0 spiro atoms. The monoisotopic (exact) mass is 247 g/mol. The molecule has 17 heavy (non-hydrogen) atoms. The highest BCUT2D eigenvalue weighted by atomic mass is 16.4. The maximum atomic E-state index is 11.0. The minimum Gasteiger partial charge on any atom is -0.480 e. The Balaban J connectivity index is 4.84. The standard InChI is InChI=1S/C10H17NO6/c1-6(2)3-7(10(16)17)11(4-8(12)13)5-9(14)15/h6-7H,3-5H2,1-2H3,(H,12,13)(H,14,15)(H,16,17)/t7-/m1/s1. The molecule has 0 unspecified atom stereocenters. The Morgan fingerprint density at radius 2 is 1.41 bits per heavy atom. The third-order valence-electron chi connectivity index (χ3n) is 2.10. The Hall–Kier alpha value is -1.63. The van der Waals surface area contributed by atoms with Gasteiger partial charge in [0.05, 0.1) is 13.1 Å². The Morgan fingerprint density at radius 1 is 1.00 bits per heavy atom. The predicted octanol–water partition coefficient (Wildman–Crippen LogP) is -0.0431. The molecule has 0 saturated carbocycles. The van der Waals surface area contributed by atoms with Gasteiger partial charge < -0.3 is 15.3 Å². The highest BCUT2D eigenvalue weighted by Gasteiger charge is 2.29. The van der Waals surface area contributed by atoms with Gasteiger partial charge in [-0.15, -0.1) is 0 Å². The van der Waals surface area contributed by atoms with Crippen LogP contribution in [0.2, 0.25) is 0 Å². The van der Waals surface area contributed by atoms with Crippen molar-refractivity contribution in [3.63, 3.8) is 0 Å². The largest absolute Gasteiger partial charge is 0.480 e. The summed E-state index contributed by atoms with van der Waals surface area (Å²) in [5, 5.41) is 26.3. The number of nitrogens with zero attached hydrogens (tertiary/aromatic N) is 1. The van der Waals surface area contributed by atoms with Gasteiger partial charge in [0, 0.05) is 0 Å². The van der Waals surface area contributed by atoms with Crippen molar-refractivity contribution in [3.8, 4) is 0 Å². The lowest BCUT2D eigenvalue weighted by Crippen LogP contribution is -2.47. The van der Waals surface area contributed by atoms with E-state index in [-0.39, 0.29) is 12.3 Å². The molecular formula is C10H17NO6. The topological polar surface area (TPSA) is 115 Å². The molecule has 0 aliphatic heterocycles. The van der Waals surface area contributed by atoms with Gasteiger partial charge in [0.25, 0.3) is 0 Å². The number of carbonyl (C=O) groups is 3. The Labute approximate surface area is 98.7 Å². The molecule has 0 aromatic rings. The molecular weight excluding hydrogens is 230 g/mol. The summed E-state index contributed by atoms with van der Waals surface area (Å²) in [6, 6.07) is -1.10. The summed E-state index contributed by atoms with van der Waals surface area (Å²) in [5.41, 5.74) is 0. The first kappa shape index (κ1) is 15.4. The maximum absolute atomic E-state index is 11.0. The van der Waals surface area contributed by atoms with Gasteiger partial charge in [0.15, 0.2) is 0 Å². The molecule has 0 aromatic heterocycles. The Morgan fingerprint density at radius 3 is 1.65 bits per heavy atom. The van der Waals surface area contributed by atoms with Crippen molar-refractivity contribution in [1.29, 1.82) is 0 Å². The molecule has 7 nitrogen and oxygen atoms in total. The van der Waals surface area contributed by atoms with E-state index >= 15 is 0 Å². The molecule has 0 radical (unpaired) electrons. The van der Waals surface area contributed by atoms with Crippen LogP contribution in [0.15, 0.2) is 0 Å². The third kappa shape index (κ3) is 6.52. The van der Waals surface area contributed by atoms with Crippen molar-refractivity contribution >= 4 is 17.9 Å². The first-order chi connectivity index (χ1) is 7.73. The van der Waals surface area contributed by atoms with Gasteiger partial charge in [-0.2, -0.15) is 0 Å². The number of carboxylic acid groups (broad SMARTS) is 3. The number of aliphatic carboxylic acids is 3. The van der Waals surface area contributed by atoms with E-state index < -0.39 is 37.0 Å². The van der Waals surface area contributed by atoms with Gasteiger partial charge in [-0.05, 0) is 12.3 Å². The molecule has 0 aliphatic carbocycles. The zero-order valence-electron chi connectivity index (χ0n) is 9.79. The zero-order chi connectivity index (χ0) is 13.6. The molecule has 0 saturated heterocycles. The number of hydrogen-bond acceptors (Lipinski definition) is 4. The number of hydrogen-bond donors (Lipinski definition) is 3. The summed E-state index contributed by atoms with van der Waals surface area (Å²) in [6.45, 7) is 2.37. The number of rotatable bonds is 8. The molecule has 0 bridgehead atoms. The van der Waals surface area contributed by atoms with Crippen LogP contribution in [-0.4, -0.2) is 57.3 Å². The highest BCUT2D eigenvalue weighted by molar-refractivity contribution is 5.78. The van der Waals surface area contributed by atoms with Crippen LogP contribution < -0.4 is 0 Å². The van der Waals surface area contributed by atoms with Crippen LogP contribution in [-0.2, 0) is 14.4 Å². The summed E-state index contributed by atoms with van der Waals surface area (Å²) in [5.74, 6) is -3.68. The molecule has 98 valence electrons. The van der Waals surface area contributed by atoms with E-state index in [1.807, 2.05) is 0 Å². The van der Waals surface area contributed by atoms with Crippen LogP contribution >= 0.6 is 0 Å². The summed E-state index contributed by atoms with van der Waals surface area (Å²) >= 11 is 0. The minimum absolute atomic E-state index is 0.0289. The summed E-state index contributed by atoms with van der Waals surface area (Å²) in [7, 11) is 0. The third-order valence-corrected chi connectivity index (χ3v) is 2.10. The van der Waals surface area contributed by atoms with Crippen LogP contribution in [0.3, 0.4) is 0 Å². The molecule has 0 aliphatic rings. The van der Waals surface area contributed by atoms with Crippen LogP contribution in [0, 0.1) is 5.92 Å². The Bertz CT molecular complexity index is 285. The van der Waals surface area contributed by atoms with Gasteiger partial charge in [0.2, 0.25) is 0 Å². The van der Waals surface area contributed by atoms with E-state index in [2.05, 4.69) is 0 Å². The van der Waals surface area contributed by atoms with Gasteiger partial charge in [-0.25, -0.2) is 0 Å². The smallest absolute Gasteiger partial charge is 0.320 e. The van der Waals surface area contributed by atoms with Crippen LogP contribution in [0.5, 0.6) is 0 Å². The fourth-order valence-corrected chi connectivity index (χ4v) is 1.48. The fourth-order valence-electron chi connectivity index (χ4n) is 1.48. The first-order valence-electron chi connectivity index (χ1n) is 5.14. The Kier molecular flexibility index (Phi) is 6.19. The fraction of sp³-hybridized carbons (Fsp3) is 0.700. The lowest BCUT2D eigenvalue weighted by Gasteiger charge is -2.26. The quantitative estimate of drug-likeness (QED) is 0.551. The second kappa shape index (κ2) is 6.85. The van der Waals surface area contributed by atoms with Gasteiger partial charge in [0.1, 0.15) is 6.04 Å². The average Bonchev–Trinajstić information content (AvgIpc) is 2.10. The second-order valence-electron chi connectivity index (χ2n) is 4.18. The molecule has 3 N–H and O–H groups in total. The molecule has 0 fully saturated rings. The van der Waals surface area contributed by atoms with E-state index in [9.17, 15) is 14.4 Å². The van der Waals surface area contributed by atoms with Gasteiger partial charge in [-0.3, -0.25) is 19.3 Å². The lowest BCUT2D eigenvalue weighted by molar-refractivity contribution is -0.149. The van der Waals surface area contributed by atoms with Crippen LogP contribution in [0.4, 0.5) is 0 Å². The van der Waals surface area contributed by atoms with E-state index in [4.69, 9.17) is 15.3 Å². The molecule has 0 aromatic carbocycles. The van der Waals surface area contributed by atoms with Crippen molar-refractivity contribution in [2.24, 2.45) is 5.92 Å². The first-order valence-corrected chi connectivity index (χ1v) is 5.14. The normalized spacial score (nSPS) is 12.7. The van der Waals surface area contributed by atoms with Crippen molar-refractivity contribution in [3.05, 3.63) is 0 Å². The molecule has 0 rings (SSSR count).